The van der Waals surface area contributed by atoms with Gasteiger partial charge >= 0.3 is 23.9 Å². The molecule has 1 aromatic carbocycles. The number of carboxylic acids is 2. The normalized spacial score (nSPS) is 9.72. The first kappa shape index (κ1) is 48.9. The molecule has 248 valence electrons. The molecule has 0 aliphatic carbocycles. The fourth-order valence-corrected chi connectivity index (χ4v) is 4.04. The molecule has 0 unspecified atom stereocenters. The first-order chi connectivity index (χ1) is 20.3. The van der Waals surface area contributed by atoms with Crippen LogP contribution in [0.25, 0.3) is 0 Å². The van der Waals surface area contributed by atoms with Crippen LogP contribution < -0.4 is 10.2 Å². The van der Waals surface area contributed by atoms with Crippen LogP contribution in [0.1, 0.15) is 191 Å². The van der Waals surface area contributed by atoms with E-state index in [0.717, 1.165) is 31.2 Å². The van der Waals surface area contributed by atoms with E-state index in [2.05, 4.69) is 34.6 Å². The van der Waals surface area contributed by atoms with Crippen LogP contribution >= 0.6 is 0 Å². The number of carbonyl (C=O) groups excluding carboxylic acids is 2. The summed E-state index contributed by atoms with van der Waals surface area (Å²) >= 11 is 0. The van der Waals surface area contributed by atoms with Crippen molar-refractivity contribution in [3.63, 3.8) is 0 Å². The van der Waals surface area contributed by atoms with Gasteiger partial charge in [-0.2, -0.15) is 0 Å². The molecule has 0 saturated heterocycles. The van der Waals surface area contributed by atoms with E-state index < -0.39 is 11.9 Å². The van der Waals surface area contributed by atoms with Crippen LogP contribution in [0.3, 0.4) is 0 Å². The molecule has 0 spiro atoms. The molecule has 43 heavy (non-hydrogen) atoms. The van der Waals surface area contributed by atoms with Crippen molar-refractivity contribution in [3.8, 4) is 0 Å². The van der Waals surface area contributed by atoms with Gasteiger partial charge in [-0.1, -0.05) is 206 Å². The predicted octanol–water partition coefficient (Wildman–Crippen LogP) is 9.78. The zero-order valence-corrected chi connectivity index (χ0v) is 31.7. The van der Waals surface area contributed by atoms with Gasteiger partial charge < -0.3 is 19.8 Å². The summed E-state index contributed by atoms with van der Waals surface area (Å²) in [6.45, 7) is 15.6. The van der Waals surface area contributed by atoms with Crippen molar-refractivity contribution in [2.75, 3.05) is 0 Å². The Morgan fingerprint density at radius 2 is 0.814 bits per heavy atom. The Hall–Kier alpha value is -1.04. The van der Waals surface area contributed by atoms with E-state index in [4.69, 9.17) is 0 Å². The second-order valence-electron chi connectivity index (χ2n) is 11.3. The number of aromatic carboxylic acids is 1. The molecule has 0 N–H and O–H groups in total. The summed E-state index contributed by atoms with van der Waals surface area (Å²) in [5.74, 6) is -2.03. The van der Waals surface area contributed by atoms with Gasteiger partial charge in [-0.15, -0.1) is 0 Å². The number of aliphatic carboxylic acids is 1. The molecule has 4 radical (unpaired) electrons. The standard InChI is InChI=1S/C22H44O2.C8H8O2.2C4H9.Sn/c1-2-3-4-5-6-7-8-9-10-11-12-13-14-15-16-17-18-19-20-21-22(23)24;1-6-2-4-7(5-3-6)8(9)10;2*1-3-4-2;/h2-21H2,1H3,(H,23,24);2-5H,1H3,(H,9,10);2*1,3-4H2,2H3;/q;;;;+2/p-2. The van der Waals surface area contributed by atoms with E-state index >= 15 is 0 Å². The Labute approximate surface area is 285 Å². The van der Waals surface area contributed by atoms with Gasteiger partial charge in [-0.05, 0) is 25.3 Å². The summed E-state index contributed by atoms with van der Waals surface area (Å²) in [6, 6.07) is 6.55. The maximum atomic E-state index is 10.3. The summed E-state index contributed by atoms with van der Waals surface area (Å²) in [6.07, 6.45) is 30.3. The third-order valence-corrected chi connectivity index (χ3v) is 6.98. The second-order valence-corrected chi connectivity index (χ2v) is 11.3. The van der Waals surface area contributed by atoms with Gasteiger partial charge in [0.2, 0.25) is 0 Å². The SMILES string of the molecule is CCCCCCCCCCCCCCCCCCCCCC(=O)[O-].Cc1ccc(C(=O)[O-])cc1.[CH2]CCC.[CH2]CCC.[Sn+2]. The molecule has 0 fully saturated rings. The van der Waals surface area contributed by atoms with E-state index in [1.807, 2.05) is 6.92 Å². The molecule has 0 atom stereocenters. The van der Waals surface area contributed by atoms with Crippen LogP contribution in [0.2, 0.25) is 0 Å². The fraction of sp³-hybridized carbons (Fsp3) is 0.737. The van der Waals surface area contributed by atoms with E-state index in [9.17, 15) is 19.8 Å². The van der Waals surface area contributed by atoms with Crippen molar-refractivity contribution in [2.45, 2.75) is 182 Å². The van der Waals surface area contributed by atoms with Gasteiger partial charge in [0.1, 0.15) is 0 Å². The number of rotatable bonds is 23. The monoisotopic (exact) mass is 708 g/mol. The molecule has 0 aliphatic rings. The van der Waals surface area contributed by atoms with E-state index in [1.165, 1.54) is 134 Å². The van der Waals surface area contributed by atoms with Crippen LogP contribution in [-0.4, -0.2) is 35.8 Å². The molecule has 1 aromatic rings. The van der Waals surface area contributed by atoms with Crippen molar-refractivity contribution >= 4 is 35.8 Å². The third-order valence-electron chi connectivity index (χ3n) is 6.98. The zero-order chi connectivity index (χ0) is 32.1. The molecule has 4 nitrogen and oxygen atoms in total. The summed E-state index contributed by atoms with van der Waals surface area (Å²) < 4.78 is 0. The van der Waals surface area contributed by atoms with Crippen LogP contribution in [-0.2, 0) is 4.79 Å². The Morgan fingerprint density at radius 1 is 0.535 bits per heavy atom. The summed E-state index contributed by atoms with van der Waals surface area (Å²) in [7, 11) is 0. The molecule has 0 aromatic heterocycles. The Balaban J connectivity index is -0.000000325. The van der Waals surface area contributed by atoms with E-state index in [-0.39, 0.29) is 35.9 Å². The fourth-order valence-electron chi connectivity index (χ4n) is 4.04. The number of aryl methyl sites for hydroxylation is 1. The number of benzene rings is 1. The summed E-state index contributed by atoms with van der Waals surface area (Å²) in [4.78, 5) is 20.5. The van der Waals surface area contributed by atoms with Crippen molar-refractivity contribution in [1.29, 1.82) is 0 Å². The molecular formula is C38H68O4Sn. The van der Waals surface area contributed by atoms with Gasteiger partial charge in [-0.3, -0.25) is 0 Å². The minimum Gasteiger partial charge on any atom is -0.550 e. The van der Waals surface area contributed by atoms with Crippen molar-refractivity contribution in [1.82, 2.24) is 0 Å². The molecule has 0 saturated carbocycles. The van der Waals surface area contributed by atoms with Gasteiger partial charge in [0.25, 0.3) is 0 Å². The zero-order valence-electron chi connectivity index (χ0n) is 28.8. The number of carboxylic acid groups (broad SMARTS) is 2. The van der Waals surface area contributed by atoms with Crippen LogP contribution in [0.15, 0.2) is 24.3 Å². The number of hydrogen-bond acceptors (Lipinski definition) is 4. The molecule has 0 heterocycles. The van der Waals surface area contributed by atoms with Crippen molar-refractivity contribution < 1.29 is 19.8 Å². The predicted molar refractivity (Wildman–Crippen MR) is 185 cm³/mol. The minimum atomic E-state index is -1.12. The second kappa shape index (κ2) is 43.1. The van der Waals surface area contributed by atoms with E-state index in [1.54, 1.807) is 12.1 Å². The van der Waals surface area contributed by atoms with Crippen LogP contribution in [0.5, 0.6) is 0 Å². The van der Waals surface area contributed by atoms with Crippen LogP contribution in [0, 0.1) is 20.8 Å². The van der Waals surface area contributed by atoms with E-state index in [0.29, 0.717) is 0 Å². The van der Waals surface area contributed by atoms with Crippen molar-refractivity contribution in [2.24, 2.45) is 0 Å². The first-order valence-electron chi connectivity index (χ1n) is 17.4. The minimum absolute atomic E-state index is 0. The Kier molecular flexibility index (Phi) is 49.0. The van der Waals surface area contributed by atoms with Gasteiger partial charge in [0.05, 0.1) is 5.97 Å². The Bertz CT molecular complexity index is 652. The quantitative estimate of drug-likeness (QED) is 0.0838. The van der Waals surface area contributed by atoms with Crippen LogP contribution in [0.4, 0.5) is 0 Å². The van der Waals surface area contributed by atoms with Crippen molar-refractivity contribution in [3.05, 3.63) is 49.2 Å². The maximum Gasteiger partial charge on any atom is 2.00 e. The molecule has 0 amide bonds. The topological polar surface area (TPSA) is 80.3 Å². The number of carbonyl (C=O) groups is 2. The molecule has 0 bridgehead atoms. The largest absolute Gasteiger partial charge is 2.00 e. The molecular weight excluding hydrogens is 639 g/mol. The van der Waals surface area contributed by atoms with Gasteiger partial charge in [0.15, 0.2) is 0 Å². The number of hydrogen-bond donors (Lipinski definition) is 0. The summed E-state index contributed by atoms with van der Waals surface area (Å²) in [5.41, 5.74) is 1.27. The Morgan fingerprint density at radius 3 is 1.05 bits per heavy atom. The van der Waals surface area contributed by atoms with Gasteiger partial charge in [0, 0.05) is 5.97 Å². The third kappa shape index (κ3) is 48.1. The smallest absolute Gasteiger partial charge is 0.550 e. The summed E-state index contributed by atoms with van der Waals surface area (Å²) in [5, 5.41) is 20.5. The average Bonchev–Trinajstić information content (AvgIpc) is 2.99. The molecule has 5 heteroatoms. The number of unbranched alkanes of at least 4 members (excludes halogenated alkanes) is 20. The first-order valence-corrected chi connectivity index (χ1v) is 17.4. The average molecular weight is 708 g/mol. The molecule has 0 aliphatic heterocycles. The maximum absolute atomic E-state index is 10.3. The van der Waals surface area contributed by atoms with Gasteiger partial charge in [-0.25, -0.2) is 0 Å². The molecule has 1 rings (SSSR count).